The number of ether oxygens (including phenoxy) is 1. The third kappa shape index (κ3) is 3.67. The molecular formula is C18H33IN4OS. The van der Waals surface area contributed by atoms with E-state index in [1.54, 1.807) is 0 Å². The van der Waals surface area contributed by atoms with Gasteiger partial charge in [-0.3, -0.25) is 4.99 Å². The van der Waals surface area contributed by atoms with Crippen LogP contribution in [0.3, 0.4) is 0 Å². The number of nitrogens with zero attached hydrogens (tertiary/aromatic N) is 3. The van der Waals surface area contributed by atoms with Crippen molar-refractivity contribution in [2.45, 2.75) is 43.9 Å². The van der Waals surface area contributed by atoms with Gasteiger partial charge in [-0.05, 0) is 46.0 Å². The fraction of sp³-hybridized carbons (Fsp3) is 0.944. The Bertz CT molecular complexity index is 479. The van der Waals surface area contributed by atoms with Crippen molar-refractivity contribution in [2.75, 3.05) is 51.8 Å². The van der Waals surface area contributed by atoms with Crippen LogP contribution in [-0.2, 0) is 4.74 Å². The highest BCUT2D eigenvalue weighted by Gasteiger charge is 2.53. The van der Waals surface area contributed by atoms with E-state index in [4.69, 9.17) is 9.73 Å². The zero-order chi connectivity index (χ0) is 16.7. The largest absolute Gasteiger partial charge is 0.374 e. The summed E-state index contributed by atoms with van der Waals surface area (Å²) >= 11 is 2.07. The van der Waals surface area contributed by atoms with Gasteiger partial charge in [0.25, 0.3) is 0 Å². The quantitative estimate of drug-likeness (QED) is 0.379. The van der Waals surface area contributed by atoms with E-state index in [2.05, 4.69) is 47.9 Å². The number of fused-ring (bicyclic) bond motifs is 5. The van der Waals surface area contributed by atoms with E-state index in [0.717, 1.165) is 44.0 Å². The highest BCUT2D eigenvalue weighted by Crippen LogP contribution is 2.47. The smallest absolute Gasteiger partial charge is 0.194 e. The third-order valence-corrected chi connectivity index (χ3v) is 7.88. The average Bonchev–Trinajstić information content (AvgIpc) is 3.33. The normalized spacial score (nSPS) is 39.8. The number of hydrogen-bond donors (Lipinski definition) is 1. The lowest BCUT2D eigenvalue weighted by molar-refractivity contribution is 0.0766. The average molecular weight is 480 g/mol. The van der Waals surface area contributed by atoms with E-state index in [0.29, 0.717) is 12.2 Å². The molecule has 0 aromatic heterocycles. The number of guanidine groups is 1. The summed E-state index contributed by atoms with van der Waals surface area (Å²) in [4.78, 5) is 10.0. The molecule has 0 aromatic carbocycles. The van der Waals surface area contributed by atoms with E-state index < -0.39 is 0 Å². The molecule has 0 aliphatic carbocycles. The Kier molecular flexibility index (Phi) is 6.49. The molecule has 4 aliphatic heterocycles. The summed E-state index contributed by atoms with van der Waals surface area (Å²) in [5, 5.41) is 3.55. The molecule has 4 rings (SSSR count). The summed E-state index contributed by atoms with van der Waals surface area (Å²) in [5.41, 5.74) is 0.239. The van der Waals surface area contributed by atoms with Crippen LogP contribution in [0.15, 0.2) is 4.99 Å². The van der Waals surface area contributed by atoms with E-state index in [-0.39, 0.29) is 29.5 Å². The lowest BCUT2D eigenvalue weighted by Crippen LogP contribution is -2.49. The topological polar surface area (TPSA) is 40.1 Å². The second-order valence-electron chi connectivity index (χ2n) is 8.11. The fourth-order valence-corrected chi connectivity index (χ4v) is 6.54. The van der Waals surface area contributed by atoms with Crippen LogP contribution in [-0.4, -0.2) is 85.3 Å². The van der Waals surface area contributed by atoms with Crippen LogP contribution in [0.2, 0.25) is 0 Å². The number of aliphatic imine (C=N–C) groups is 1. The van der Waals surface area contributed by atoms with Crippen molar-refractivity contribution in [1.82, 2.24) is 15.1 Å². The van der Waals surface area contributed by atoms with Gasteiger partial charge in [-0.25, -0.2) is 0 Å². The van der Waals surface area contributed by atoms with Crippen molar-refractivity contribution < 1.29 is 4.74 Å². The number of hydrogen-bond acceptors (Lipinski definition) is 4. The number of likely N-dealkylation sites (N-methyl/N-ethyl adjacent to an activating group) is 1. The summed E-state index contributed by atoms with van der Waals surface area (Å²) in [5.74, 6) is 5.06. The van der Waals surface area contributed by atoms with Crippen molar-refractivity contribution >= 4 is 41.7 Å². The van der Waals surface area contributed by atoms with E-state index in [1.807, 2.05) is 0 Å². The van der Waals surface area contributed by atoms with Crippen molar-refractivity contribution in [3.8, 4) is 0 Å². The molecule has 25 heavy (non-hydrogen) atoms. The number of nitrogens with one attached hydrogen (secondary N) is 1. The van der Waals surface area contributed by atoms with Crippen LogP contribution in [0.1, 0.15) is 26.2 Å². The maximum Gasteiger partial charge on any atom is 0.194 e. The first kappa shape index (κ1) is 20.0. The molecule has 7 heteroatoms. The summed E-state index contributed by atoms with van der Waals surface area (Å²) in [6, 6.07) is 0. The summed E-state index contributed by atoms with van der Waals surface area (Å²) in [7, 11) is 4.42. The van der Waals surface area contributed by atoms with Gasteiger partial charge in [-0.15, -0.1) is 24.0 Å². The van der Waals surface area contributed by atoms with Gasteiger partial charge in [-0.2, -0.15) is 11.8 Å². The predicted molar refractivity (Wildman–Crippen MR) is 116 cm³/mol. The first-order valence-corrected chi connectivity index (χ1v) is 10.7. The Balaban J connectivity index is 0.00000182. The number of thioether (sulfide) groups is 1. The highest BCUT2D eigenvalue weighted by molar-refractivity contribution is 14.0. The van der Waals surface area contributed by atoms with Crippen molar-refractivity contribution in [2.24, 2.45) is 16.8 Å². The lowest BCUT2D eigenvalue weighted by Gasteiger charge is -2.35. The molecule has 4 saturated heterocycles. The molecule has 0 amide bonds. The molecule has 144 valence electrons. The molecule has 5 nitrogen and oxygen atoms in total. The fourth-order valence-electron chi connectivity index (χ4n) is 5.00. The van der Waals surface area contributed by atoms with Crippen molar-refractivity contribution in [3.63, 3.8) is 0 Å². The molecular weight excluding hydrogens is 447 g/mol. The number of rotatable bonds is 4. The maximum absolute atomic E-state index is 6.12. The minimum absolute atomic E-state index is 0. The lowest BCUT2D eigenvalue weighted by atomic mass is 9.82. The highest BCUT2D eigenvalue weighted by atomic mass is 127. The molecule has 2 bridgehead atoms. The number of likely N-dealkylation sites (tertiary alicyclic amines) is 1. The number of halogens is 1. The molecule has 0 aromatic rings. The van der Waals surface area contributed by atoms with Gasteiger partial charge in [-0.1, -0.05) is 0 Å². The van der Waals surface area contributed by atoms with Gasteiger partial charge < -0.3 is 19.9 Å². The van der Waals surface area contributed by atoms with Crippen LogP contribution in [0.25, 0.3) is 0 Å². The minimum Gasteiger partial charge on any atom is -0.374 e. The van der Waals surface area contributed by atoms with Crippen LogP contribution in [0, 0.1) is 11.8 Å². The molecule has 1 N–H and O–H groups in total. The summed E-state index contributed by atoms with van der Waals surface area (Å²) in [6.07, 6.45) is 4.83. The summed E-state index contributed by atoms with van der Waals surface area (Å²) in [6.45, 7) is 6.28. The second-order valence-corrected chi connectivity index (χ2v) is 9.22. The predicted octanol–water partition coefficient (Wildman–Crippen LogP) is 2.12. The standard InChI is InChI=1S/C18H32N4OS.HI/c1-4-19-17(20-11-18(21(2)3)7-8-24-12-18)22-9-13-14(10-22)16-6-5-15(13)23-16;/h13-16H,4-12H2,1-3H3,(H,19,20);1H. The van der Waals surface area contributed by atoms with Crippen molar-refractivity contribution in [1.29, 1.82) is 0 Å². The second kappa shape index (κ2) is 8.10. The van der Waals surface area contributed by atoms with Gasteiger partial charge in [0.1, 0.15) is 0 Å². The Morgan fingerprint density at radius 2 is 1.96 bits per heavy atom. The van der Waals surface area contributed by atoms with Crippen LogP contribution in [0.4, 0.5) is 0 Å². The Morgan fingerprint density at radius 3 is 2.48 bits per heavy atom. The minimum atomic E-state index is 0. The van der Waals surface area contributed by atoms with Crippen LogP contribution < -0.4 is 5.32 Å². The van der Waals surface area contributed by atoms with E-state index in [1.165, 1.54) is 30.8 Å². The van der Waals surface area contributed by atoms with Gasteiger partial charge in [0.15, 0.2) is 5.96 Å². The van der Waals surface area contributed by atoms with Crippen LogP contribution >= 0.6 is 35.7 Å². The molecule has 5 unspecified atom stereocenters. The first-order chi connectivity index (χ1) is 11.6. The Morgan fingerprint density at radius 1 is 1.28 bits per heavy atom. The zero-order valence-electron chi connectivity index (χ0n) is 15.7. The van der Waals surface area contributed by atoms with E-state index in [9.17, 15) is 0 Å². The van der Waals surface area contributed by atoms with Gasteiger partial charge in [0, 0.05) is 42.8 Å². The SMILES string of the molecule is CCNC(=NCC1(N(C)C)CCSC1)N1CC2C3CCC(O3)C2C1.I. The Labute approximate surface area is 173 Å². The molecule has 0 spiro atoms. The first-order valence-electron chi connectivity index (χ1n) is 9.57. The van der Waals surface area contributed by atoms with Crippen LogP contribution in [0.5, 0.6) is 0 Å². The monoisotopic (exact) mass is 480 g/mol. The molecule has 0 radical (unpaired) electrons. The maximum atomic E-state index is 6.12. The van der Waals surface area contributed by atoms with Gasteiger partial charge in [0.05, 0.1) is 18.8 Å². The van der Waals surface area contributed by atoms with Crippen molar-refractivity contribution in [3.05, 3.63) is 0 Å². The summed E-state index contributed by atoms with van der Waals surface area (Å²) < 4.78 is 6.12. The molecule has 4 aliphatic rings. The van der Waals surface area contributed by atoms with Gasteiger partial charge in [0.2, 0.25) is 0 Å². The molecule has 4 heterocycles. The molecule has 4 fully saturated rings. The van der Waals surface area contributed by atoms with E-state index >= 15 is 0 Å². The third-order valence-electron chi connectivity index (χ3n) is 6.64. The van der Waals surface area contributed by atoms with Gasteiger partial charge >= 0.3 is 0 Å². The Hall–Kier alpha value is 0.270. The molecule has 0 saturated carbocycles. The molecule has 5 atom stereocenters. The zero-order valence-corrected chi connectivity index (χ0v) is 18.9.